The molecule has 0 aliphatic heterocycles. The lowest BCUT2D eigenvalue weighted by Gasteiger charge is -2.23. The van der Waals surface area contributed by atoms with Gasteiger partial charge in [-0.2, -0.15) is 0 Å². The van der Waals surface area contributed by atoms with Crippen LogP contribution in [0.25, 0.3) is 0 Å². The number of anilines is 2. The third kappa shape index (κ3) is 2.97. The van der Waals surface area contributed by atoms with Gasteiger partial charge in [-0.15, -0.1) is 0 Å². The standard InChI is InChI=1S/C20H24N6O4/c1-10-6-8-11(9-7-10)12(13-15(21)23(2)19(29)25(4)17(13)27)14-16(22)24(3)20(30)26(5)18(14)28/h6-9,12H,21-22H2,1-5H3. The number of benzene rings is 1. The van der Waals surface area contributed by atoms with Crippen molar-refractivity contribution in [2.75, 3.05) is 11.5 Å². The fraction of sp³-hybridized carbons (Fsp3) is 0.300. The molecule has 2 heterocycles. The van der Waals surface area contributed by atoms with Gasteiger partial charge < -0.3 is 11.5 Å². The predicted octanol–water partition coefficient (Wildman–Crippen LogP) is -0.866. The van der Waals surface area contributed by atoms with Crippen molar-refractivity contribution in [1.82, 2.24) is 18.3 Å². The first-order valence-corrected chi connectivity index (χ1v) is 9.16. The minimum absolute atomic E-state index is 0.0332. The maximum absolute atomic E-state index is 13.1. The molecule has 158 valence electrons. The molecule has 3 aromatic rings. The second-order valence-electron chi connectivity index (χ2n) is 7.35. The Labute approximate surface area is 171 Å². The molecular formula is C20H24N6O4. The van der Waals surface area contributed by atoms with Crippen LogP contribution >= 0.6 is 0 Å². The topological polar surface area (TPSA) is 140 Å². The molecule has 0 amide bonds. The molecule has 0 saturated heterocycles. The van der Waals surface area contributed by atoms with Crippen molar-refractivity contribution in [1.29, 1.82) is 0 Å². The van der Waals surface area contributed by atoms with E-state index in [2.05, 4.69) is 0 Å². The Morgan fingerprint density at radius 1 is 0.667 bits per heavy atom. The van der Waals surface area contributed by atoms with Gasteiger partial charge in [0.15, 0.2) is 0 Å². The summed E-state index contributed by atoms with van der Waals surface area (Å²) in [5, 5.41) is 0. The van der Waals surface area contributed by atoms with E-state index in [0.717, 1.165) is 23.8 Å². The Morgan fingerprint density at radius 2 is 1.03 bits per heavy atom. The van der Waals surface area contributed by atoms with Gasteiger partial charge in [-0.1, -0.05) is 29.8 Å². The zero-order valence-corrected chi connectivity index (χ0v) is 17.5. The van der Waals surface area contributed by atoms with E-state index in [0.29, 0.717) is 5.56 Å². The van der Waals surface area contributed by atoms with Crippen LogP contribution in [-0.4, -0.2) is 18.3 Å². The third-order valence-corrected chi connectivity index (χ3v) is 5.48. The lowest BCUT2D eigenvalue weighted by atomic mass is 9.85. The largest absolute Gasteiger partial charge is 0.385 e. The minimum Gasteiger partial charge on any atom is -0.385 e. The molecule has 10 heteroatoms. The van der Waals surface area contributed by atoms with Crippen LogP contribution in [0.1, 0.15) is 28.2 Å². The SMILES string of the molecule is Cc1ccc(C(c2c(N)n(C)c(=O)n(C)c2=O)c2c(N)n(C)c(=O)n(C)c2=O)cc1. The fourth-order valence-corrected chi connectivity index (χ4v) is 3.55. The summed E-state index contributed by atoms with van der Waals surface area (Å²) < 4.78 is 4.13. The number of nitrogen functional groups attached to an aromatic ring is 2. The molecule has 0 unspecified atom stereocenters. The van der Waals surface area contributed by atoms with Crippen LogP contribution in [0.5, 0.6) is 0 Å². The molecule has 0 aliphatic rings. The second-order valence-corrected chi connectivity index (χ2v) is 7.35. The number of hydrogen-bond acceptors (Lipinski definition) is 6. The van der Waals surface area contributed by atoms with E-state index in [1.165, 1.54) is 28.2 Å². The van der Waals surface area contributed by atoms with Crippen LogP contribution in [0.4, 0.5) is 11.6 Å². The highest BCUT2D eigenvalue weighted by Gasteiger charge is 2.31. The summed E-state index contributed by atoms with van der Waals surface area (Å²) in [6.45, 7) is 1.90. The molecule has 0 spiro atoms. The molecule has 0 saturated carbocycles. The monoisotopic (exact) mass is 412 g/mol. The quantitative estimate of drug-likeness (QED) is 0.573. The van der Waals surface area contributed by atoms with Crippen LogP contribution in [0.2, 0.25) is 0 Å². The molecular weight excluding hydrogens is 388 g/mol. The first-order chi connectivity index (χ1) is 14.0. The zero-order chi connectivity index (χ0) is 22.5. The van der Waals surface area contributed by atoms with Crippen molar-refractivity contribution < 1.29 is 0 Å². The Hall–Kier alpha value is -3.82. The van der Waals surface area contributed by atoms with E-state index in [1.807, 2.05) is 19.1 Å². The summed E-state index contributed by atoms with van der Waals surface area (Å²) in [5.41, 5.74) is 11.5. The average Bonchev–Trinajstić information content (AvgIpc) is 2.73. The molecule has 0 fully saturated rings. The molecule has 0 aliphatic carbocycles. The summed E-state index contributed by atoms with van der Waals surface area (Å²) in [5.74, 6) is -1.14. The van der Waals surface area contributed by atoms with E-state index in [9.17, 15) is 19.2 Å². The van der Waals surface area contributed by atoms with Crippen molar-refractivity contribution in [3.8, 4) is 0 Å². The van der Waals surface area contributed by atoms with Gasteiger partial charge in [0, 0.05) is 28.2 Å². The van der Waals surface area contributed by atoms with E-state index in [4.69, 9.17) is 11.5 Å². The van der Waals surface area contributed by atoms with Crippen LogP contribution in [0.3, 0.4) is 0 Å². The highest BCUT2D eigenvalue weighted by atomic mass is 16.2. The van der Waals surface area contributed by atoms with Gasteiger partial charge in [0.1, 0.15) is 11.6 Å². The lowest BCUT2D eigenvalue weighted by Crippen LogP contribution is -2.44. The summed E-state index contributed by atoms with van der Waals surface area (Å²) in [7, 11) is 5.55. The van der Waals surface area contributed by atoms with Crippen LogP contribution < -0.4 is 34.0 Å². The number of nitrogens with two attached hydrogens (primary N) is 2. The molecule has 30 heavy (non-hydrogen) atoms. The lowest BCUT2D eigenvalue weighted by molar-refractivity contribution is 0.654. The Bertz CT molecular complexity index is 1300. The summed E-state index contributed by atoms with van der Waals surface area (Å²) in [6, 6.07) is 7.17. The minimum atomic E-state index is -0.985. The van der Waals surface area contributed by atoms with Crippen LogP contribution in [-0.2, 0) is 28.2 Å². The summed E-state index contributed by atoms with van der Waals surface area (Å²) in [4.78, 5) is 50.9. The van der Waals surface area contributed by atoms with Gasteiger partial charge in [-0.3, -0.25) is 27.9 Å². The van der Waals surface area contributed by atoms with Crippen molar-refractivity contribution in [3.63, 3.8) is 0 Å². The van der Waals surface area contributed by atoms with Crippen molar-refractivity contribution in [2.24, 2.45) is 28.2 Å². The third-order valence-electron chi connectivity index (χ3n) is 5.48. The zero-order valence-electron chi connectivity index (χ0n) is 17.5. The van der Waals surface area contributed by atoms with Gasteiger partial charge in [0.25, 0.3) is 11.1 Å². The summed E-state index contributed by atoms with van der Waals surface area (Å²) >= 11 is 0. The number of hydrogen-bond donors (Lipinski definition) is 2. The highest BCUT2D eigenvalue weighted by Crippen LogP contribution is 2.33. The number of rotatable bonds is 3. The van der Waals surface area contributed by atoms with Gasteiger partial charge >= 0.3 is 11.4 Å². The Morgan fingerprint density at radius 3 is 1.40 bits per heavy atom. The Balaban J connectivity index is 2.57. The second kappa shape index (κ2) is 7.21. The smallest absolute Gasteiger partial charge is 0.332 e. The molecule has 1 aromatic carbocycles. The molecule has 4 N–H and O–H groups in total. The fourth-order valence-electron chi connectivity index (χ4n) is 3.55. The van der Waals surface area contributed by atoms with Gasteiger partial charge in [0.2, 0.25) is 0 Å². The van der Waals surface area contributed by atoms with Gasteiger partial charge in [-0.05, 0) is 12.5 Å². The molecule has 0 radical (unpaired) electrons. The molecule has 2 aromatic heterocycles. The van der Waals surface area contributed by atoms with Crippen molar-refractivity contribution >= 4 is 11.6 Å². The van der Waals surface area contributed by atoms with Crippen LogP contribution in [0.15, 0.2) is 43.4 Å². The van der Waals surface area contributed by atoms with Crippen molar-refractivity contribution in [2.45, 2.75) is 12.8 Å². The van der Waals surface area contributed by atoms with E-state index in [-0.39, 0.29) is 22.8 Å². The normalized spacial score (nSPS) is 11.3. The van der Waals surface area contributed by atoms with Gasteiger partial charge in [0.05, 0.1) is 17.0 Å². The maximum Gasteiger partial charge on any atom is 0.332 e. The molecule has 3 rings (SSSR count). The van der Waals surface area contributed by atoms with Gasteiger partial charge in [-0.25, -0.2) is 9.59 Å². The Kier molecular flexibility index (Phi) is 5.03. The van der Waals surface area contributed by atoms with E-state index in [1.54, 1.807) is 12.1 Å². The predicted molar refractivity (Wildman–Crippen MR) is 115 cm³/mol. The highest BCUT2D eigenvalue weighted by molar-refractivity contribution is 5.57. The number of nitrogens with zero attached hydrogens (tertiary/aromatic N) is 4. The first kappa shape index (κ1) is 20.9. The van der Waals surface area contributed by atoms with E-state index >= 15 is 0 Å². The van der Waals surface area contributed by atoms with E-state index < -0.39 is 28.4 Å². The van der Waals surface area contributed by atoms with Crippen LogP contribution in [0, 0.1) is 6.92 Å². The maximum atomic E-state index is 13.1. The molecule has 10 nitrogen and oxygen atoms in total. The summed E-state index contributed by atoms with van der Waals surface area (Å²) in [6.07, 6.45) is 0. The van der Waals surface area contributed by atoms with Crippen molar-refractivity contribution in [3.05, 3.63) is 88.2 Å². The number of aromatic nitrogens is 4. The average molecular weight is 412 g/mol. The first-order valence-electron chi connectivity index (χ1n) is 9.16. The molecule has 0 atom stereocenters. The number of aryl methyl sites for hydroxylation is 1. The molecule has 0 bridgehead atoms.